The van der Waals surface area contributed by atoms with Gasteiger partial charge in [-0.1, -0.05) is 0 Å². The van der Waals surface area contributed by atoms with Crippen LogP contribution >= 0.6 is 0 Å². The Kier molecular flexibility index (Phi) is 11.3. The Morgan fingerprint density at radius 1 is 1.09 bits per heavy atom. The lowest BCUT2D eigenvalue weighted by atomic mass is 10.2. The first-order valence-corrected chi connectivity index (χ1v) is 10.8. The highest BCUT2D eigenvalue weighted by Gasteiger charge is 2.13. The molecule has 1 unspecified atom stereocenters. The number of nitrogens with one attached hydrogen (secondary N) is 2. The van der Waals surface area contributed by atoms with Gasteiger partial charge in [0.25, 0.3) is 5.91 Å². The third-order valence-electron chi connectivity index (χ3n) is 4.60. The molecular formula is C22H32N6O6. The average molecular weight is 477 g/mol. The molecule has 0 bridgehead atoms. The second-order valence-corrected chi connectivity index (χ2v) is 7.63. The van der Waals surface area contributed by atoms with Crippen molar-refractivity contribution in [3.63, 3.8) is 0 Å². The van der Waals surface area contributed by atoms with Crippen molar-refractivity contribution < 1.29 is 24.2 Å². The van der Waals surface area contributed by atoms with Crippen LogP contribution in [-0.4, -0.2) is 91.1 Å². The maximum atomic E-state index is 12.4. The van der Waals surface area contributed by atoms with Gasteiger partial charge in [0, 0.05) is 24.0 Å². The second-order valence-electron chi connectivity index (χ2n) is 7.63. The minimum Gasteiger partial charge on any atom is -0.394 e. The number of carbonyl (C=O) groups excluding carboxylic acids is 2. The summed E-state index contributed by atoms with van der Waals surface area (Å²) in [7, 11) is 3.95. The summed E-state index contributed by atoms with van der Waals surface area (Å²) in [5, 5.41) is 14.0. The number of anilines is 2. The summed E-state index contributed by atoms with van der Waals surface area (Å²) < 4.78 is 12.3. The summed E-state index contributed by atoms with van der Waals surface area (Å²) in [4.78, 5) is 42.2. The number of hydrogen-bond acceptors (Lipinski definition) is 9. The highest BCUT2D eigenvalue weighted by atomic mass is 16.5. The van der Waals surface area contributed by atoms with E-state index in [4.69, 9.17) is 20.3 Å². The number of ether oxygens (including phenoxy) is 2. The van der Waals surface area contributed by atoms with Gasteiger partial charge in [-0.15, -0.1) is 0 Å². The number of hydrogen-bond donors (Lipinski definition) is 4. The quantitative estimate of drug-likeness (QED) is 0.260. The number of likely N-dealkylation sites (N-methyl/N-ethyl adjacent to an activating group) is 1. The molecule has 12 heteroatoms. The van der Waals surface area contributed by atoms with Crippen LogP contribution in [-0.2, 0) is 20.8 Å². The van der Waals surface area contributed by atoms with Gasteiger partial charge in [0.05, 0.1) is 39.6 Å². The van der Waals surface area contributed by atoms with Crippen molar-refractivity contribution in [2.24, 2.45) is 5.73 Å². The van der Waals surface area contributed by atoms with Gasteiger partial charge in [-0.05, 0) is 44.4 Å². The standard InChI is InChI=1S/C22H32N6O6/c1-27(2)9-11-33-13-14-34-12-10-28-8-7-19(26-22(28)32)25-20(30)16-3-5-17(6-4-16)24-21(31)18(23)15-29/h3-8,18,29H,9-15,23H2,1-2H3,(H,24,31)(H,25,26,30,32). The van der Waals surface area contributed by atoms with Crippen LogP contribution in [0.2, 0.25) is 0 Å². The molecule has 0 fully saturated rings. The first kappa shape index (κ1) is 27.1. The molecule has 0 spiro atoms. The average Bonchev–Trinajstić information content (AvgIpc) is 2.81. The Labute approximate surface area is 197 Å². The van der Waals surface area contributed by atoms with Crippen LogP contribution in [0.15, 0.2) is 41.3 Å². The molecule has 0 saturated heterocycles. The van der Waals surface area contributed by atoms with E-state index in [1.54, 1.807) is 0 Å². The zero-order valence-electron chi connectivity index (χ0n) is 19.4. The van der Waals surface area contributed by atoms with Crippen molar-refractivity contribution in [1.29, 1.82) is 0 Å². The molecular weight excluding hydrogens is 444 g/mol. The number of aliphatic hydroxyl groups excluding tert-OH is 1. The Balaban J connectivity index is 1.78. The smallest absolute Gasteiger partial charge is 0.349 e. The molecule has 0 saturated carbocycles. The molecule has 34 heavy (non-hydrogen) atoms. The number of carbonyl (C=O) groups is 2. The Morgan fingerprint density at radius 2 is 1.76 bits per heavy atom. The zero-order valence-corrected chi connectivity index (χ0v) is 19.4. The number of rotatable bonds is 14. The van der Waals surface area contributed by atoms with Crippen LogP contribution in [0.25, 0.3) is 0 Å². The van der Waals surface area contributed by atoms with Crippen LogP contribution in [0.3, 0.4) is 0 Å². The number of aliphatic hydroxyl groups is 1. The molecule has 0 radical (unpaired) electrons. The molecule has 1 atom stereocenters. The molecule has 2 aromatic rings. The van der Waals surface area contributed by atoms with Crippen molar-refractivity contribution >= 4 is 23.3 Å². The molecule has 1 aromatic heterocycles. The lowest BCUT2D eigenvalue weighted by Crippen LogP contribution is -2.38. The van der Waals surface area contributed by atoms with Gasteiger partial charge in [-0.2, -0.15) is 4.98 Å². The summed E-state index contributed by atoms with van der Waals surface area (Å²) in [6.07, 6.45) is 1.53. The Hall–Kier alpha value is -3.16. The normalized spacial score (nSPS) is 11.9. The van der Waals surface area contributed by atoms with Gasteiger partial charge in [0.1, 0.15) is 11.9 Å². The number of benzene rings is 1. The summed E-state index contributed by atoms with van der Waals surface area (Å²) >= 11 is 0. The maximum absolute atomic E-state index is 12.4. The molecule has 2 amide bonds. The first-order valence-electron chi connectivity index (χ1n) is 10.8. The summed E-state index contributed by atoms with van der Waals surface area (Å²) in [6.45, 7) is 2.57. The fourth-order valence-electron chi connectivity index (χ4n) is 2.61. The largest absolute Gasteiger partial charge is 0.394 e. The van der Waals surface area contributed by atoms with Crippen molar-refractivity contribution in [2.75, 3.05) is 64.3 Å². The summed E-state index contributed by atoms with van der Waals surface area (Å²) in [6, 6.07) is 6.53. The molecule has 1 heterocycles. The monoisotopic (exact) mass is 476 g/mol. The predicted octanol–water partition coefficient (Wildman–Crippen LogP) is -0.651. The number of nitrogens with zero attached hydrogens (tertiary/aromatic N) is 3. The van der Waals surface area contributed by atoms with Crippen LogP contribution < -0.4 is 22.1 Å². The van der Waals surface area contributed by atoms with Gasteiger partial charge in [0.2, 0.25) is 5.91 Å². The molecule has 0 aliphatic carbocycles. The minimum atomic E-state index is -1.03. The topological polar surface area (TPSA) is 161 Å². The zero-order chi connectivity index (χ0) is 24.9. The van der Waals surface area contributed by atoms with Crippen LogP contribution in [0.5, 0.6) is 0 Å². The van der Waals surface area contributed by atoms with Crippen LogP contribution in [0, 0.1) is 0 Å². The molecule has 5 N–H and O–H groups in total. The predicted molar refractivity (Wildman–Crippen MR) is 127 cm³/mol. The maximum Gasteiger partial charge on any atom is 0.349 e. The van der Waals surface area contributed by atoms with E-state index in [-0.39, 0.29) is 5.82 Å². The van der Waals surface area contributed by atoms with E-state index in [1.807, 2.05) is 19.0 Å². The molecule has 1 aromatic carbocycles. The fraction of sp³-hybridized carbons (Fsp3) is 0.455. The number of aromatic nitrogens is 2. The Bertz CT molecular complexity index is 979. The van der Waals surface area contributed by atoms with Crippen molar-refractivity contribution in [3.8, 4) is 0 Å². The Morgan fingerprint density at radius 3 is 2.38 bits per heavy atom. The van der Waals surface area contributed by atoms with E-state index in [9.17, 15) is 14.4 Å². The molecule has 2 rings (SSSR count). The van der Waals surface area contributed by atoms with Gasteiger partial charge in [0.15, 0.2) is 0 Å². The van der Waals surface area contributed by atoms with Crippen LogP contribution in [0.1, 0.15) is 10.4 Å². The van der Waals surface area contributed by atoms with Crippen molar-refractivity contribution in [2.45, 2.75) is 12.6 Å². The van der Waals surface area contributed by atoms with Crippen LogP contribution in [0.4, 0.5) is 11.5 Å². The van der Waals surface area contributed by atoms with Gasteiger partial charge >= 0.3 is 5.69 Å². The molecule has 12 nitrogen and oxygen atoms in total. The van der Waals surface area contributed by atoms with E-state index >= 15 is 0 Å². The van der Waals surface area contributed by atoms with E-state index in [2.05, 4.69) is 15.6 Å². The first-order chi connectivity index (χ1) is 16.3. The highest BCUT2D eigenvalue weighted by molar-refractivity contribution is 6.04. The van der Waals surface area contributed by atoms with Crippen molar-refractivity contribution in [1.82, 2.24) is 14.5 Å². The lowest BCUT2D eigenvalue weighted by molar-refractivity contribution is -0.118. The molecule has 0 aliphatic heterocycles. The van der Waals surface area contributed by atoms with E-state index < -0.39 is 30.2 Å². The van der Waals surface area contributed by atoms with E-state index in [1.165, 1.54) is 41.1 Å². The third-order valence-corrected chi connectivity index (χ3v) is 4.60. The minimum absolute atomic E-state index is 0.118. The van der Waals surface area contributed by atoms with Gasteiger partial charge in [-0.25, -0.2) is 4.79 Å². The van der Waals surface area contributed by atoms with Crippen molar-refractivity contribution in [3.05, 3.63) is 52.6 Å². The SMILES string of the molecule is CN(C)CCOCCOCCn1ccc(NC(=O)c2ccc(NC(=O)C(N)CO)cc2)nc1=O. The number of amides is 2. The summed E-state index contributed by atoms with van der Waals surface area (Å²) in [5.41, 5.74) is 5.66. The van der Waals surface area contributed by atoms with Gasteiger partial charge < -0.3 is 35.8 Å². The molecule has 186 valence electrons. The number of nitrogens with two attached hydrogens (primary N) is 1. The highest BCUT2D eigenvalue weighted by Crippen LogP contribution is 2.11. The third kappa shape index (κ3) is 9.37. The van der Waals surface area contributed by atoms with E-state index in [0.717, 1.165) is 6.54 Å². The van der Waals surface area contributed by atoms with E-state index in [0.29, 0.717) is 44.2 Å². The second kappa shape index (κ2) is 14.2. The fourth-order valence-corrected chi connectivity index (χ4v) is 2.61. The molecule has 0 aliphatic rings. The van der Waals surface area contributed by atoms with Gasteiger partial charge in [-0.3, -0.25) is 14.2 Å². The summed E-state index contributed by atoms with van der Waals surface area (Å²) in [5.74, 6) is -0.886. The lowest BCUT2D eigenvalue weighted by Gasteiger charge is -2.11.